The second-order valence-corrected chi connectivity index (χ2v) is 6.09. The molecule has 122 valence electrons. The van der Waals surface area contributed by atoms with Crippen molar-refractivity contribution in [3.8, 4) is 5.75 Å². The zero-order valence-corrected chi connectivity index (χ0v) is 13.8. The van der Waals surface area contributed by atoms with E-state index in [1.54, 1.807) is 19.9 Å². The van der Waals surface area contributed by atoms with Crippen molar-refractivity contribution in [2.45, 2.75) is 24.7 Å². The summed E-state index contributed by atoms with van der Waals surface area (Å²) in [7, 11) is 0. The second kappa shape index (κ2) is 7.02. The highest BCUT2D eigenvalue weighted by atomic mass is 35.5. The van der Waals surface area contributed by atoms with Gasteiger partial charge in [-0.25, -0.2) is 9.59 Å². The number of alkyl halides is 2. The molecular formula is C15H13Cl2NO5. The summed E-state index contributed by atoms with van der Waals surface area (Å²) in [4.78, 5) is 33.9. The standard InChI is InChI=1S/C15H13Cl2NO5/c1-7(2)18-13(19)10-5-8-3-4-9(22-15(21)12(16)17)6-11(8)23-14(10)20/h3-7,12H,1-2H3,(H,18,19). The van der Waals surface area contributed by atoms with Gasteiger partial charge in [0, 0.05) is 17.5 Å². The Balaban J connectivity index is 2.37. The molecule has 1 heterocycles. The van der Waals surface area contributed by atoms with Gasteiger partial charge >= 0.3 is 11.6 Å². The summed E-state index contributed by atoms with van der Waals surface area (Å²) in [5.41, 5.74) is -0.716. The van der Waals surface area contributed by atoms with Gasteiger partial charge in [-0.2, -0.15) is 0 Å². The summed E-state index contributed by atoms with van der Waals surface area (Å²) in [6.45, 7) is 3.56. The molecule has 8 heteroatoms. The predicted molar refractivity (Wildman–Crippen MR) is 86.2 cm³/mol. The summed E-state index contributed by atoms with van der Waals surface area (Å²) in [6, 6.07) is 5.66. The molecule has 0 unspecified atom stereocenters. The van der Waals surface area contributed by atoms with Crippen LogP contribution in [-0.4, -0.2) is 22.8 Å². The number of hydrogen-bond donors (Lipinski definition) is 1. The molecule has 1 amide bonds. The van der Waals surface area contributed by atoms with Gasteiger partial charge in [0.15, 0.2) is 0 Å². The number of ether oxygens (including phenoxy) is 1. The van der Waals surface area contributed by atoms with Gasteiger partial charge in [-0.1, -0.05) is 23.2 Å². The molecule has 0 aliphatic heterocycles. The highest BCUT2D eigenvalue weighted by molar-refractivity contribution is 6.53. The van der Waals surface area contributed by atoms with Crippen molar-refractivity contribution in [3.05, 3.63) is 40.2 Å². The molecule has 23 heavy (non-hydrogen) atoms. The van der Waals surface area contributed by atoms with Gasteiger partial charge in [0.05, 0.1) is 0 Å². The van der Waals surface area contributed by atoms with Crippen LogP contribution in [0.15, 0.2) is 33.5 Å². The molecule has 2 aromatic rings. The maximum absolute atomic E-state index is 11.9. The van der Waals surface area contributed by atoms with Gasteiger partial charge in [-0.05, 0) is 32.0 Å². The smallest absolute Gasteiger partial charge is 0.349 e. The third-order valence-corrected chi connectivity index (χ3v) is 3.12. The number of hydrogen-bond acceptors (Lipinski definition) is 5. The van der Waals surface area contributed by atoms with E-state index in [0.717, 1.165) is 0 Å². The van der Waals surface area contributed by atoms with Gasteiger partial charge in [-0.15, -0.1) is 0 Å². The maximum atomic E-state index is 11.9. The second-order valence-electron chi connectivity index (χ2n) is 5.00. The van der Waals surface area contributed by atoms with E-state index in [2.05, 4.69) is 5.32 Å². The van der Waals surface area contributed by atoms with E-state index in [4.69, 9.17) is 32.4 Å². The molecule has 1 aromatic carbocycles. The van der Waals surface area contributed by atoms with E-state index < -0.39 is 22.3 Å². The lowest BCUT2D eigenvalue weighted by molar-refractivity contribution is -0.132. The van der Waals surface area contributed by atoms with Crippen LogP contribution in [-0.2, 0) is 4.79 Å². The fourth-order valence-electron chi connectivity index (χ4n) is 1.81. The summed E-state index contributed by atoms with van der Waals surface area (Å²) in [6.07, 6.45) is 0. The maximum Gasteiger partial charge on any atom is 0.349 e. The first-order valence-corrected chi connectivity index (χ1v) is 7.54. The molecule has 0 saturated heterocycles. The van der Waals surface area contributed by atoms with Crippen LogP contribution < -0.4 is 15.7 Å². The fraction of sp³-hybridized carbons (Fsp3) is 0.267. The molecule has 1 N–H and O–H groups in total. The minimum Gasteiger partial charge on any atom is -0.424 e. The SMILES string of the molecule is CC(C)NC(=O)c1cc2ccc(OC(=O)C(Cl)Cl)cc2oc1=O. The van der Waals surface area contributed by atoms with Crippen LogP contribution >= 0.6 is 23.2 Å². The fourth-order valence-corrected chi connectivity index (χ4v) is 1.90. The van der Waals surface area contributed by atoms with Crippen LogP contribution in [0.1, 0.15) is 24.2 Å². The quantitative estimate of drug-likeness (QED) is 0.393. The third-order valence-electron chi connectivity index (χ3n) is 2.77. The molecule has 6 nitrogen and oxygen atoms in total. The Kier molecular flexibility index (Phi) is 5.28. The van der Waals surface area contributed by atoms with Crippen molar-refractivity contribution in [2.24, 2.45) is 0 Å². The molecule has 0 aliphatic carbocycles. The Hall–Kier alpha value is -2.05. The van der Waals surface area contributed by atoms with Crippen LogP contribution in [0.2, 0.25) is 0 Å². The summed E-state index contributed by atoms with van der Waals surface area (Å²) in [5.74, 6) is -1.24. The van der Waals surface area contributed by atoms with E-state index in [9.17, 15) is 14.4 Å². The Morgan fingerprint density at radius 2 is 1.91 bits per heavy atom. The third kappa shape index (κ3) is 4.24. The van der Waals surface area contributed by atoms with Crippen LogP contribution in [0.5, 0.6) is 5.75 Å². The number of benzene rings is 1. The molecule has 2 rings (SSSR count). The van der Waals surface area contributed by atoms with E-state index in [-0.39, 0.29) is 22.9 Å². The lowest BCUT2D eigenvalue weighted by Gasteiger charge is -2.08. The molecule has 0 atom stereocenters. The van der Waals surface area contributed by atoms with Crippen LogP contribution in [0.4, 0.5) is 0 Å². The van der Waals surface area contributed by atoms with Crippen molar-refractivity contribution in [3.63, 3.8) is 0 Å². The van der Waals surface area contributed by atoms with Crippen LogP contribution in [0.3, 0.4) is 0 Å². The molecule has 0 bridgehead atoms. The number of fused-ring (bicyclic) bond motifs is 1. The van der Waals surface area contributed by atoms with E-state index in [1.807, 2.05) is 0 Å². The van der Waals surface area contributed by atoms with Gasteiger partial charge in [0.2, 0.25) is 4.84 Å². The number of carbonyl (C=O) groups excluding carboxylic acids is 2. The molecule has 0 aliphatic rings. The number of nitrogens with one attached hydrogen (secondary N) is 1. The van der Waals surface area contributed by atoms with Crippen molar-refractivity contribution >= 4 is 46.0 Å². The van der Waals surface area contributed by atoms with E-state index in [0.29, 0.717) is 5.39 Å². The van der Waals surface area contributed by atoms with Crippen molar-refractivity contribution in [1.82, 2.24) is 5.32 Å². The zero-order valence-electron chi connectivity index (χ0n) is 12.3. The van der Waals surface area contributed by atoms with Gasteiger partial charge in [0.1, 0.15) is 16.9 Å². The monoisotopic (exact) mass is 357 g/mol. The average molecular weight is 358 g/mol. The number of carbonyl (C=O) groups is 2. The van der Waals surface area contributed by atoms with Crippen molar-refractivity contribution in [2.75, 3.05) is 0 Å². The Labute approximate surface area is 141 Å². The first-order chi connectivity index (χ1) is 10.8. The van der Waals surface area contributed by atoms with Gasteiger partial charge in [-0.3, -0.25) is 4.79 Å². The van der Waals surface area contributed by atoms with Crippen molar-refractivity contribution < 1.29 is 18.7 Å². The number of halogens is 2. The average Bonchev–Trinajstić information content (AvgIpc) is 2.45. The first kappa shape index (κ1) is 17.3. The van der Waals surface area contributed by atoms with Crippen LogP contribution in [0.25, 0.3) is 11.0 Å². The molecule has 0 saturated carbocycles. The predicted octanol–water partition coefficient (Wildman–Crippen LogP) is 2.64. The minimum atomic E-state index is -1.32. The molecule has 0 fully saturated rings. The highest BCUT2D eigenvalue weighted by Crippen LogP contribution is 2.21. The molecular weight excluding hydrogens is 345 g/mol. The number of amides is 1. The topological polar surface area (TPSA) is 85.6 Å². The van der Waals surface area contributed by atoms with Crippen LogP contribution in [0, 0.1) is 0 Å². The highest BCUT2D eigenvalue weighted by Gasteiger charge is 2.17. The summed E-state index contributed by atoms with van der Waals surface area (Å²) >= 11 is 10.8. The molecule has 0 spiro atoms. The first-order valence-electron chi connectivity index (χ1n) is 6.66. The van der Waals surface area contributed by atoms with Crippen molar-refractivity contribution in [1.29, 1.82) is 0 Å². The Bertz CT molecular complexity index is 813. The largest absolute Gasteiger partial charge is 0.424 e. The molecule has 0 radical (unpaired) electrons. The van der Waals surface area contributed by atoms with E-state index in [1.165, 1.54) is 18.2 Å². The summed E-state index contributed by atoms with van der Waals surface area (Å²) in [5, 5.41) is 3.12. The number of esters is 1. The zero-order chi connectivity index (χ0) is 17.1. The van der Waals surface area contributed by atoms with Gasteiger partial charge < -0.3 is 14.5 Å². The molecule has 1 aromatic heterocycles. The minimum absolute atomic E-state index is 0.0995. The Morgan fingerprint density at radius 3 is 2.52 bits per heavy atom. The van der Waals surface area contributed by atoms with Gasteiger partial charge in [0.25, 0.3) is 5.91 Å². The normalized spacial score (nSPS) is 11.0. The lowest BCUT2D eigenvalue weighted by atomic mass is 10.1. The van der Waals surface area contributed by atoms with E-state index >= 15 is 0 Å². The lowest BCUT2D eigenvalue weighted by Crippen LogP contribution is -2.33. The number of rotatable bonds is 4. The summed E-state index contributed by atoms with van der Waals surface area (Å²) < 4.78 is 10.0. The Morgan fingerprint density at radius 1 is 1.22 bits per heavy atom.